The number of fused-ring (bicyclic) bond motifs is 1. The third kappa shape index (κ3) is 3.28. The number of thioether (sulfide) groups is 1. The summed E-state index contributed by atoms with van der Waals surface area (Å²) >= 11 is 1.47. The molecule has 1 aliphatic heterocycles. The minimum absolute atomic E-state index is 0.110. The van der Waals surface area contributed by atoms with Crippen LogP contribution >= 0.6 is 11.8 Å². The topological polar surface area (TPSA) is 49.3 Å². The van der Waals surface area contributed by atoms with Crippen molar-refractivity contribution in [2.24, 2.45) is 0 Å². The molecule has 3 aromatic rings. The predicted molar refractivity (Wildman–Crippen MR) is 110 cm³/mol. The van der Waals surface area contributed by atoms with Gasteiger partial charge in [0.15, 0.2) is 11.0 Å². The molecule has 0 unspecified atom stereocenters. The van der Waals surface area contributed by atoms with Crippen LogP contribution in [0.4, 0.5) is 22.0 Å². The Hall–Kier alpha value is -2.86. The molecule has 0 atom stereocenters. The molecular weight excluding hydrogens is 356 g/mol. The summed E-state index contributed by atoms with van der Waals surface area (Å²) < 4.78 is 0. The van der Waals surface area contributed by atoms with Crippen LogP contribution in [0.5, 0.6) is 0 Å². The van der Waals surface area contributed by atoms with Gasteiger partial charge in [-0.05, 0) is 44.4 Å². The average Bonchev–Trinajstić information content (AvgIpc) is 2.69. The zero-order valence-corrected chi connectivity index (χ0v) is 16.3. The highest BCUT2D eigenvalue weighted by Gasteiger charge is 2.34. The zero-order chi connectivity index (χ0) is 19.0. The second kappa shape index (κ2) is 7.04. The van der Waals surface area contributed by atoms with E-state index in [1.165, 1.54) is 11.8 Å². The molecule has 0 saturated carbocycles. The van der Waals surface area contributed by atoms with Crippen LogP contribution in [-0.2, 0) is 6.54 Å². The molecule has 6 heteroatoms. The summed E-state index contributed by atoms with van der Waals surface area (Å²) in [7, 11) is 0. The fourth-order valence-corrected chi connectivity index (χ4v) is 3.42. The van der Waals surface area contributed by atoms with Crippen molar-refractivity contribution in [1.29, 1.82) is 0 Å². The highest BCUT2D eigenvalue weighted by atomic mass is 32.2. The fourth-order valence-electron chi connectivity index (χ4n) is 3.09. The van der Waals surface area contributed by atoms with Crippen molar-refractivity contribution >= 4 is 35.0 Å². The van der Waals surface area contributed by atoms with E-state index in [1.807, 2.05) is 74.8 Å². The summed E-state index contributed by atoms with van der Waals surface area (Å²) in [6, 6.07) is 15.8. The molecule has 0 spiro atoms. The molecule has 27 heavy (non-hydrogen) atoms. The molecule has 136 valence electrons. The second-order valence-electron chi connectivity index (χ2n) is 6.58. The Morgan fingerprint density at radius 1 is 0.926 bits per heavy atom. The van der Waals surface area contributed by atoms with Crippen LogP contribution in [0, 0.1) is 13.8 Å². The largest absolute Gasteiger partial charge is 0.335 e. The van der Waals surface area contributed by atoms with Gasteiger partial charge in [-0.25, -0.2) is 19.7 Å². The first-order chi connectivity index (χ1) is 13.1. The van der Waals surface area contributed by atoms with Crippen LogP contribution in [0.25, 0.3) is 0 Å². The summed E-state index contributed by atoms with van der Waals surface area (Å²) in [4.78, 5) is 25.9. The molecule has 1 aliphatic rings. The highest BCUT2D eigenvalue weighted by Crippen LogP contribution is 2.36. The van der Waals surface area contributed by atoms with Crippen LogP contribution in [0.15, 0.2) is 59.9 Å². The molecule has 0 aliphatic carbocycles. The Bertz CT molecular complexity index is 986. The smallest absolute Gasteiger partial charge is 0.289 e. The maximum absolute atomic E-state index is 13.4. The lowest BCUT2D eigenvalue weighted by Gasteiger charge is -2.36. The number of carbonyl (C=O) groups excluding carboxylic acids is 1. The molecule has 5 nitrogen and oxygen atoms in total. The third-order valence-electron chi connectivity index (χ3n) is 4.60. The lowest BCUT2D eigenvalue weighted by molar-refractivity contribution is 0.252. The van der Waals surface area contributed by atoms with Crippen LogP contribution in [0.2, 0.25) is 0 Å². The van der Waals surface area contributed by atoms with Crippen molar-refractivity contribution in [3.63, 3.8) is 0 Å². The Kier molecular flexibility index (Phi) is 4.58. The van der Waals surface area contributed by atoms with Crippen molar-refractivity contribution in [3.05, 3.63) is 71.4 Å². The number of carbonyl (C=O) groups is 1. The molecule has 2 aromatic carbocycles. The minimum Gasteiger partial charge on any atom is -0.289 e. The van der Waals surface area contributed by atoms with E-state index in [-0.39, 0.29) is 6.03 Å². The van der Waals surface area contributed by atoms with Gasteiger partial charge >= 0.3 is 6.03 Å². The van der Waals surface area contributed by atoms with Crippen molar-refractivity contribution in [3.8, 4) is 0 Å². The van der Waals surface area contributed by atoms with E-state index in [0.29, 0.717) is 17.5 Å². The van der Waals surface area contributed by atoms with Crippen LogP contribution < -0.4 is 9.80 Å². The number of hydrogen-bond donors (Lipinski definition) is 0. The highest BCUT2D eigenvalue weighted by molar-refractivity contribution is 7.98. The molecule has 0 bridgehead atoms. The number of amides is 2. The molecule has 2 heterocycles. The van der Waals surface area contributed by atoms with Gasteiger partial charge in [0.2, 0.25) is 0 Å². The normalized spacial score (nSPS) is 13.7. The van der Waals surface area contributed by atoms with Gasteiger partial charge in [0.05, 0.1) is 12.2 Å². The minimum atomic E-state index is -0.110. The number of rotatable bonds is 3. The van der Waals surface area contributed by atoms with E-state index >= 15 is 0 Å². The van der Waals surface area contributed by atoms with Crippen molar-refractivity contribution in [2.45, 2.75) is 25.5 Å². The van der Waals surface area contributed by atoms with Crippen LogP contribution in [0.1, 0.15) is 16.7 Å². The summed E-state index contributed by atoms with van der Waals surface area (Å²) in [5.41, 5.74) is 4.89. The maximum atomic E-state index is 13.4. The van der Waals surface area contributed by atoms with E-state index in [0.717, 1.165) is 28.1 Å². The Morgan fingerprint density at radius 3 is 2.11 bits per heavy atom. The predicted octanol–water partition coefficient (Wildman–Crippen LogP) is 5.09. The van der Waals surface area contributed by atoms with Gasteiger partial charge in [0, 0.05) is 17.4 Å². The van der Waals surface area contributed by atoms with E-state index in [2.05, 4.69) is 9.97 Å². The SMILES string of the molecule is CSc1ncc2c(n1)N(c1ccc(C)cc1)C(=O)N(c1ccc(C)cc1)C2. The molecule has 4 rings (SSSR count). The fraction of sp³-hybridized carbons (Fsp3) is 0.190. The van der Waals surface area contributed by atoms with Gasteiger partial charge in [-0.15, -0.1) is 0 Å². The average molecular weight is 376 g/mol. The first kappa shape index (κ1) is 17.5. The van der Waals surface area contributed by atoms with Crippen molar-refractivity contribution in [1.82, 2.24) is 9.97 Å². The van der Waals surface area contributed by atoms with Gasteiger partial charge in [0.25, 0.3) is 0 Å². The lowest BCUT2D eigenvalue weighted by Crippen LogP contribution is -2.45. The second-order valence-corrected chi connectivity index (χ2v) is 7.35. The van der Waals surface area contributed by atoms with Gasteiger partial charge < -0.3 is 0 Å². The first-order valence-corrected chi connectivity index (χ1v) is 9.94. The molecule has 0 N–H and O–H groups in total. The number of aromatic nitrogens is 2. The lowest BCUT2D eigenvalue weighted by atomic mass is 10.1. The Balaban J connectivity index is 1.84. The van der Waals surface area contributed by atoms with E-state index in [4.69, 9.17) is 0 Å². The van der Waals surface area contributed by atoms with E-state index in [1.54, 1.807) is 9.80 Å². The quantitative estimate of drug-likeness (QED) is 0.472. The van der Waals surface area contributed by atoms with Gasteiger partial charge in [-0.3, -0.25) is 4.90 Å². The summed E-state index contributed by atoms with van der Waals surface area (Å²) in [6.45, 7) is 4.52. The Morgan fingerprint density at radius 2 is 1.52 bits per heavy atom. The first-order valence-electron chi connectivity index (χ1n) is 8.71. The van der Waals surface area contributed by atoms with Gasteiger partial charge in [-0.2, -0.15) is 0 Å². The number of hydrogen-bond acceptors (Lipinski definition) is 4. The molecule has 1 aromatic heterocycles. The summed E-state index contributed by atoms with van der Waals surface area (Å²) in [6.07, 6.45) is 3.75. The Labute approximate surface area is 163 Å². The summed E-state index contributed by atoms with van der Waals surface area (Å²) in [5.74, 6) is 0.659. The molecule has 0 saturated heterocycles. The number of aryl methyl sites for hydroxylation is 2. The number of benzene rings is 2. The molecule has 0 fully saturated rings. The number of urea groups is 1. The van der Waals surface area contributed by atoms with E-state index in [9.17, 15) is 4.79 Å². The van der Waals surface area contributed by atoms with Gasteiger partial charge in [0.1, 0.15) is 0 Å². The third-order valence-corrected chi connectivity index (χ3v) is 5.16. The van der Waals surface area contributed by atoms with Crippen LogP contribution in [0.3, 0.4) is 0 Å². The maximum Gasteiger partial charge on any atom is 0.335 e. The van der Waals surface area contributed by atoms with Crippen molar-refractivity contribution < 1.29 is 4.79 Å². The van der Waals surface area contributed by atoms with E-state index < -0.39 is 0 Å². The molecule has 2 amide bonds. The van der Waals surface area contributed by atoms with Gasteiger partial charge in [-0.1, -0.05) is 47.2 Å². The zero-order valence-electron chi connectivity index (χ0n) is 15.5. The monoisotopic (exact) mass is 376 g/mol. The molecule has 0 radical (unpaired) electrons. The number of nitrogens with zero attached hydrogens (tertiary/aromatic N) is 4. The summed E-state index contributed by atoms with van der Waals surface area (Å²) in [5, 5.41) is 0.655. The van der Waals surface area contributed by atoms with Crippen LogP contribution in [-0.4, -0.2) is 22.3 Å². The standard InChI is InChI=1S/C21H20N4OS/c1-14-4-8-17(9-5-14)24-13-16-12-22-20(27-3)23-19(16)25(21(24)26)18-10-6-15(2)7-11-18/h4-12H,13H2,1-3H3. The molecular formula is C21H20N4OS. The number of anilines is 3. The van der Waals surface area contributed by atoms with Crippen molar-refractivity contribution in [2.75, 3.05) is 16.1 Å².